The first-order valence-electron chi connectivity index (χ1n) is 10.3. The van der Waals surface area contributed by atoms with Crippen molar-refractivity contribution in [2.24, 2.45) is 5.41 Å². The van der Waals surface area contributed by atoms with Crippen molar-refractivity contribution < 1.29 is 14.3 Å². The molecular weight excluding hydrogens is 394 g/mol. The third-order valence-electron chi connectivity index (χ3n) is 5.72. The Balaban J connectivity index is 1.71. The van der Waals surface area contributed by atoms with Gasteiger partial charge in [-0.3, -0.25) is 4.79 Å². The van der Waals surface area contributed by atoms with Crippen LogP contribution >= 0.6 is 11.3 Å². The van der Waals surface area contributed by atoms with Crippen LogP contribution in [0.2, 0.25) is 0 Å². The molecule has 0 saturated carbocycles. The molecule has 0 radical (unpaired) electrons. The molecule has 0 fully saturated rings. The summed E-state index contributed by atoms with van der Waals surface area (Å²) < 4.78 is 5.69. The minimum absolute atomic E-state index is 0.0928. The lowest BCUT2D eigenvalue weighted by Crippen LogP contribution is -2.38. The predicted octanol–water partition coefficient (Wildman–Crippen LogP) is 5.40. The van der Waals surface area contributed by atoms with E-state index >= 15 is 0 Å². The summed E-state index contributed by atoms with van der Waals surface area (Å²) >= 11 is 1.63. The normalized spacial score (nSPS) is 20.7. The second-order valence-corrected chi connectivity index (χ2v) is 10.3. The maximum atomic E-state index is 13.2. The Morgan fingerprint density at radius 3 is 2.53 bits per heavy atom. The SMILES string of the molecule is CC1=C(C(=O)OCc2ccccc2)C(c2ccc(C)s2)C2=C(CC(C)(C)CC2=O)N1. The number of Topliss-reactive ketones (excluding diaryl/α,β-unsaturated/α-hetero) is 1. The first kappa shape index (κ1) is 20.6. The summed E-state index contributed by atoms with van der Waals surface area (Å²) in [5.41, 5.74) is 3.84. The smallest absolute Gasteiger partial charge is 0.337 e. The van der Waals surface area contributed by atoms with Crippen molar-refractivity contribution in [3.05, 3.63) is 80.3 Å². The van der Waals surface area contributed by atoms with E-state index in [1.165, 1.54) is 0 Å². The summed E-state index contributed by atoms with van der Waals surface area (Å²) in [6.45, 7) is 8.38. The number of aryl methyl sites for hydroxylation is 1. The Morgan fingerprint density at radius 2 is 1.87 bits per heavy atom. The molecule has 1 aliphatic heterocycles. The number of benzene rings is 1. The quantitative estimate of drug-likeness (QED) is 0.671. The van der Waals surface area contributed by atoms with E-state index in [4.69, 9.17) is 4.74 Å². The maximum Gasteiger partial charge on any atom is 0.337 e. The second kappa shape index (κ2) is 7.88. The van der Waals surface area contributed by atoms with Gasteiger partial charge in [-0.1, -0.05) is 44.2 Å². The minimum atomic E-state index is -0.371. The van der Waals surface area contributed by atoms with Gasteiger partial charge in [0, 0.05) is 33.1 Å². The highest BCUT2D eigenvalue weighted by Gasteiger charge is 2.43. The molecule has 2 aromatic rings. The third kappa shape index (κ3) is 3.99. The molecule has 1 aliphatic carbocycles. The van der Waals surface area contributed by atoms with E-state index in [1.54, 1.807) is 11.3 Å². The number of ether oxygens (including phenoxy) is 1. The Hall–Kier alpha value is -2.66. The fourth-order valence-electron chi connectivity index (χ4n) is 4.40. The fraction of sp³-hybridized carbons (Fsp3) is 0.360. The van der Waals surface area contributed by atoms with Crippen molar-refractivity contribution in [2.45, 2.75) is 53.1 Å². The number of carbonyl (C=O) groups excluding carboxylic acids is 2. The van der Waals surface area contributed by atoms with E-state index in [2.05, 4.69) is 19.2 Å². The number of carbonyl (C=O) groups is 2. The molecule has 1 aromatic heterocycles. The minimum Gasteiger partial charge on any atom is -0.457 e. The largest absolute Gasteiger partial charge is 0.457 e. The zero-order valence-corrected chi connectivity index (χ0v) is 18.7. The first-order valence-corrected chi connectivity index (χ1v) is 11.1. The number of rotatable bonds is 4. The number of allylic oxidation sites excluding steroid dienone is 3. The molecule has 156 valence electrons. The Bertz CT molecular complexity index is 1060. The van der Waals surface area contributed by atoms with Crippen LogP contribution in [0.5, 0.6) is 0 Å². The number of ketones is 1. The Kier molecular flexibility index (Phi) is 5.41. The average molecular weight is 422 g/mol. The zero-order valence-electron chi connectivity index (χ0n) is 17.9. The Morgan fingerprint density at radius 1 is 1.13 bits per heavy atom. The van der Waals surface area contributed by atoms with Gasteiger partial charge in [0.1, 0.15) is 6.61 Å². The first-order chi connectivity index (χ1) is 14.2. The van der Waals surface area contributed by atoms with Crippen molar-refractivity contribution in [1.29, 1.82) is 0 Å². The molecule has 0 amide bonds. The van der Waals surface area contributed by atoms with Crippen molar-refractivity contribution in [1.82, 2.24) is 5.32 Å². The van der Waals surface area contributed by atoms with Crippen LogP contribution in [-0.4, -0.2) is 11.8 Å². The standard InChI is InChI=1S/C25H27NO3S/c1-15-10-11-20(30-15)23-21(24(28)29-14-17-8-6-5-7-9-17)16(2)26-18-12-25(3,4)13-19(27)22(18)23/h5-11,23,26H,12-14H2,1-4H3. The van der Waals surface area contributed by atoms with Gasteiger partial charge in [0.2, 0.25) is 0 Å². The number of dihydropyridines is 1. The van der Waals surface area contributed by atoms with Crippen LogP contribution in [0.4, 0.5) is 0 Å². The van der Waals surface area contributed by atoms with Gasteiger partial charge < -0.3 is 10.1 Å². The van der Waals surface area contributed by atoms with Crippen LogP contribution in [0.25, 0.3) is 0 Å². The van der Waals surface area contributed by atoms with Gasteiger partial charge in [-0.2, -0.15) is 0 Å². The van der Waals surface area contributed by atoms with Crippen molar-refractivity contribution >= 4 is 23.1 Å². The summed E-state index contributed by atoms with van der Waals surface area (Å²) in [5.74, 6) is -0.624. The van der Waals surface area contributed by atoms with Crippen LogP contribution in [0.15, 0.2) is 65.0 Å². The number of hydrogen-bond acceptors (Lipinski definition) is 5. The summed E-state index contributed by atoms with van der Waals surface area (Å²) in [6.07, 6.45) is 1.28. The molecule has 1 unspecified atom stereocenters. The number of esters is 1. The molecule has 2 heterocycles. The van der Waals surface area contributed by atoms with Crippen molar-refractivity contribution in [2.75, 3.05) is 0 Å². The molecule has 0 saturated heterocycles. The predicted molar refractivity (Wildman–Crippen MR) is 119 cm³/mol. The molecule has 1 N–H and O–H groups in total. The molecule has 5 heteroatoms. The van der Waals surface area contributed by atoms with E-state index in [1.807, 2.05) is 56.3 Å². The molecular formula is C25H27NO3S. The van der Waals surface area contributed by atoms with Gasteiger partial charge in [-0.15, -0.1) is 11.3 Å². The molecule has 2 aliphatic rings. The van der Waals surface area contributed by atoms with Crippen LogP contribution in [0.3, 0.4) is 0 Å². The van der Waals surface area contributed by atoms with E-state index in [-0.39, 0.29) is 29.7 Å². The topological polar surface area (TPSA) is 55.4 Å². The summed E-state index contributed by atoms with van der Waals surface area (Å²) in [6, 6.07) is 13.7. The van der Waals surface area contributed by atoms with Gasteiger partial charge in [-0.25, -0.2) is 4.79 Å². The highest BCUT2D eigenvalue weighted by Crippen LogP contribution is 2.48. The monoisotopic (exact) mass is 421 g/mol. The molecule has 30 heavy (non-hydrogen) atoms. The number of thiophene rings is 1. The molecule has 4 nitrogen and oxygen atoms in total. The molecule has 1 aromatic carbocycles. The summed E-state index contributed by atoms with van der Waals surface area (Å²) in [7, 11) is 0. The lowest BCUT2D eigenvalue weighted by Gasteiger charge is -2.39. The van der Waals surface area contributed by atoms with Gasteiger partial charge in [-0.05, 0) is 43.4 Å². The highest BCUT2D eigenvalue weighted by atomic mass is 32.1. The lowest BCUT2D eigenvalue weighted by molar-refractivity contribution is -0.140. The van der Waals surface area contributed by atoms with Crippen LogP contribution < -0.4 is 5.32 Å². The highest BCUT2D eigenvalue weighted by molar-refractivity contribution is 7.12. The van der Waals surface area contributed by atoms with Gasteiger partial charge >= 0.3 is 5.97 Å². The fourth-order valence-corrected chi connectivity index (χ4v) is 5.40. The van der Waals surface area contributed by atoms with Gasteiger partial charge in [0.15, 0.2) is 5.78 Å². The zero-order chi connectivity index (χ0) is 21.5. The average Bonchev–Trinajstić information content (AvgIpc) is 3.11. The maximum absolute atomic E-state index is 13.2. The van der Waals surface area contributed by atoms with Crippen LogP contribution in [0, 0.1) is 12.3 Å². The third-order valence-corrected chi connectivity index (χ3v) is 6.78. The van der Waals surface area contributed by atoms with E-state index in [0.29, 0.717) is 12.0 Å². The van der Waals surface area contributed by atoms with E-state index in [9.17, 15) is 9.59 Å². The lowest BCUT2D eigenvalue weighted by atomic mass is 9.70. The summed E-state index contributed by atoms with van der Waals surface area (Å²) in [5, 5.41) is 3.38. The second-order valence-electron chi connectivity index (χ2n) is 8.94. The van der Waals surface area contributed by atoms with Crippen LogP contribution in [-0.2, 0) is 20.9 Å². The van der Waals surface area contributed by atoms with Crippen molar-refractivity contribution in [3.63, 3.8) is 0 Å². The summed E-state index contributed by atoms with van der Waals surface area (Å²) in [4.78, 5) is 28.6. The van der Waals surface area contributed by atoms with E-state index in [0.717, 1.165) is 38.7 Å². The number of hydrogen-bond donors (Lipinski definition) is 1. The molecule has 0 bridgehead atoms. The molecule has 4 rings (SSSR count). The van der Waals surface area contributed by atoms with Gasteiger partial charge in [0.25, 0.3) is 0 Å². The molecule has 0 spiro atoms. The van der Waals surface area contributed by atoms with Gasteiger partial charge in [0.05, 0.1) is 11.5 Å². The Labute approximate surface area is 181 Å². The van der Waals surface area contributed by atoms with Crippen LogP contribution in [0.1, 0.15) is 54.8 Å². The van der Waals surface area contributed by atoms with E-state index < -0.39 is 0 Å². The number of nitrogens with one attached hydrogen (secondary N) is 1. The van der Waals surface area contributed by atoms with Crippen molar-refractivity contribution in [3.8, 4) is 0 Å². The molecule has 1 atom stereocenters.